The van der Waals surface area contributed by atoms with Gasteiger partial charge in [0.05, 0.1) is 36.4 Å². The lowest BCUT2D eigenvalue weighted by Gasteiger charge is -2.22. The van der Waals surface area contributed by atoms with E-state index in [0.717, 1.165) is 30.4 Å². The van der Waals surface area contributed by atoms with Gasteiger partial charge in [0.2, 0.25) is 5.91 Å². The molecule has 11 heteroatoms. The molecule has 2 heterocycles. The van der Waals surface area contributed by atoms with Crippen LogP contribution in [0.1, 0.15) is 31.4 Å². The van der Waals surface area contributed by atoms with Crippen molar-refractivity contribution in [1.29, 1.82) is 0 Å². The van der Waals surface area contributed by atoms with Crippen LogP contribution in [-0.2, 0) is 17.9 Å². The Kier molecular flexibility index (Phi) is 4.86. The number of nitrogens with two attached hydrogens (primary N) is 1. The molecule has 0 bridgehead atoms. The predicted octanol–water partition coefficient (Wildman–Crippen LogP) is 1.79. The van der Waals surface area contributed by atoms with Crippen molar-refractivity contribution in [2.45, 2.75) is 51.0 Å². The van der Waals surface area contributed by atoms with E-state index < -0.39 is 18.8 Å². The minimum atomic E-state index is -4.39. The summed E-state index contributed by atoms with van der Waals surface area (Å²) in [6.07, 6.45) is 4.43. The topological polar surface area (TPSA) is 104 Å². The summed E-state index contributed by atoms with van der Waals surface area (Å²) in [6.45, 7) is -1.16. The summed E-state index contributed by atoms with van der Waals surface area (Å²) in [5, 5.41) is 13.9. The van der Waals surface area contributed by atoms with E-state index in [4.69, 9.17) is 5.73 Å². The quantitative estimate of drug-likeness (QED) is 0.707. The van der Waals surface area contributed by atoms with Crippen LogP contribution < -0.4 is 11.1 Å². The number of hydrogen-bond acceptors (Lipinski definition) is 5. The van der Waals surface area contributed by atoms with Crippen LogP contribution in [0.15, 0.2) is 18.6 Å². The highest BCUT2D eigenvalue weighted by molar-refractivity contribution is 5.94. The van der Waals surface area contributed by atoms with E-state index in [2.05, 4.69) is 20.7 Å². The van der Waals surface area contributed by atoms with Crippen molar-refractivity contribution >= 4 is 11.6 Å². The third-order valence-corrected chi connectivity index (χ3v) is 5.30. The Bertz CT molecular complexity index is 826. The van der Waals surface area contributed by atoms with Gasteiger partial charge in [-0.05, 0) is 43.4 Å². The van der Waals surface area contributed by atoms with Crippen molar-refractivity contribution in [3.63, 3.8) is 0 Å². The highest BCUT2D eigenvalue weighted by atomic mass is 19.4. The first kappa shape index (κ1) is 18.9. The molecule has 2 aliphatic carbocycles. The Morgan fingerprint density at radius 3 is 2.54 bits per heavy atom. The van der Waals surface area contributed by atoms with Gasteiger partial charge in [0, 0.05) is 6.20 Å². The van der Waals surface area contributed by atoms with Crippen molar-refractivity contribution in [1.82, 2.24) is 24.8 Å². The number of amides is 1. The van der Waals surface area contributed by atoms with Crippen molar-refractivity contribution in [3.8, 4) is 0 Å². The fourth-order valence-electron chi connectivity index (χ4n) is 3.72. The van der Waals surface area contributed by atoms with Crippen LogP contribution in [-0.4, -0.2) is 42.9 Å². The van der Waals surface area contributed by atoms with Crippen molar-refractivity contribution in [3.05, 3.63) is 24.3 Å². The van der Waals surface area contributed by atoms with Gasteiger partial charge in [0.15, 0.2) is 0 Å². The SMILES string of the molecule is N[C@H](C(=O)Nc1cnn(Cc2cnnn2CC(F)(F)F)c1)C(C1CC1)C1CC1. The first-order valence-corrected chi connectivity index (χ1v) is 9.33. The van der Waals surface area contributed by atoms with E-state index in [9.17, 15) is 18.0 Å². The van der Waals surface area contributed by atoms with Gasteiger partial charge in [-0.15, -0.1) is 5.10 Å². The normalized spacial score (nSPS) is 18.5. The third kappa shape index (κ3) is 4.51. The summed E-state index contributed by atoms with van der Waals surface area (Å²) >= 11 is 0. The lowest BCUT2D eigenvalue weighted by Crippen LogP contribution is -2.43. The van der Waals surface area contributed by atoms with Crippen LogP contribution >= 0.6 is 0 Å². The molecule has 8 nitrogen and oxygen atoms in total. The summed E-state index contributed by atoms with van der Waals surface area (Å²) in [5.74, 6) is 1.10. The lowest BCUT2D eigenvalue weighted by molar-refractivity contribution is -0.143. The molecule has 0 aliphatic heterocycles. The zero-order valence-corrected chi connectivity index (χ0v) is 15.1. The average Bonchev–Trinajstić information content (AvgIpc) is 3.54. The van der Waals surface area contributed by atoms with Crippen LogP contribution in [0.5, 0.6) is 0 Å². The molecule has 2 saturated carbocycles. The summed E-state index contributed by atoms with van der Waals surface area (Å²) in [5.41, 5.74) is 6.94. The second-order valence-corrected chi connectivity index (χ2v) is 7.69. The van der Waals surface area contributed by atoms with Gasteiger partial charge in [0.1, 0.15) is 6.54 Å². The van der Waals surface area contributed by atoms with Gasteiger partial charge in [-0.2, -0.15) is 18.3 Å². The minimum Gasteiger partial charge on any atom is -0.322 e. The van der Waals surface area contributed by atoms with Crippen LogP contribution in [0.25, 0.3) is 0 Å². The molecule has 2 aliphatic rings. The molecular formula is C17H22F3N7O. The van der Waals surface area contributed by atoms with Gasteiger partial charge in [-0.3, -0.25) is 9.48 Å². The molecule has 28 heavy (non-hydrogen) atoms. The van der Waals surface area contributed by atoms with Crippen LogP contribution in [0.2, 0.25) is 0 Å². The van der Waals surface area contributed by atoms with E-state index >= 15 is 0 Å². The highest BCUT2D eigenvalue weighted by Gasteiger charge is 2.46. The molecule has 0 unspecified atom stereocenters. The molecule has 1 atom stereocenters. The standard InChI is InChI=1S/C17H22F3N7O/c18-17(19,20)9-27-13(6-22-25-27)8-26-7-12(5-23-26)24-16(28)15(21)14(10-1-2-10)11-3-4-11/h5-7,10-11,14-15H,1-4,8-9,21H2,(H,24,28)/t15-/m0/s1. The van der Waals surface area contributed by atoms with E-state index in [0.29, 0.717) is 17.5 Å². The molecule has 3 N–H and O–H groups in total. The number of alkyl halides is 3. The number of nitrogens with zero attached hydrogens (tertiary/aromatic N) is 5. The van der Waals surface area contributed by atoms with Gasteiger partial charge in [-0.25, -0.2) is 4.68 Å². The fraction of sp³-hybridized carbons (Fsp3) is 0.647. The van der Waals surface area contributed by atoms with Crippen LogP contribution in [0, 0.1) is 17.8 Å². The number of carbonyl (C=O) groups excluding carboxylic acids is 1. The van der Waals surface area contributed by atoms with Crippen LogP contribution in [0.3, 0.4) is 0 Å². The number of nitrogens with one attached hydrogen (secondary N) is 1. The Morgan fingerprint density at radius 1 is 1.25 bits per heavy atom. The summed E-state index contributed by atoms with van der Waals surface area (Å²) in [4.78, 5) is 12.5. The second kappa shape index (κ2) is 7.19. The molecular weight excluding hydrogens is 375 g/mol. The number of rotatable bonds is 8. The van der Waals surface area contributed by atoms with Gasteiger partial charge in [-0.1, -0.05) is 5.21 Å². The predicted molar refractivity (Wildman–Crippen MR) is 92.9 cm³/mol. The molecule has 0 radical (unpaired) electrons. The smallest absolute Gasteiger partial charge is 0.322 e. The Morgan fingerprint density at radius 2 is 1.93 bits per heavy atom. The maximum atomic E-state index is 12.6. The van der Waals surface area contributed by atoms with Gasteiger partial charge >= 0.3 is 6.18 Å². The van der Waals surface area contributed by atoms with E-state index in [1.54, 1.807) is 6.20 Å². The monoisotopic (exact) mass is 397 g/mol. The highest BCUT2D eigenvalue weighted by Crippen LogP contribution is 2.50. The van der Waals surface area contributed by atoms with Crippen molar-refractivity contribution in [2.24, 2.45) is 23.5 Å². The van der Waals surface area contributed by atoms with Crippen molar-refractivity contribution in [2.75, 3.05) is 5.32 Å². The lowest BCUT2D eigenvalue weighted by atomic mass is 9.89. The molecule has 2 aromatic heterocycles. The maximum absolute atomic E-state index is 12.6. The molecule has 0 saturated heterocycles. The Balaban J connectivity index is 1.37. The summed E-state index contributed by atoms with van der Waals surface area (Å²) < 4.78 is 39.9. The Labute approximate surface area is 159 Å². The number of aromatic nitrogens is 5. The minimum absolute atomic E-state index is 0.0534. The van der Waals surface area contributed by atoms with Gasteiger partial charge < -0.3 is 11.1 Å². The zero-order valence-electron chi connectivity index (χ0n) is 15.1. The molecule has 0 spiro atoms. The molecule has 1 amide bonds. The number of hydrogen-bond donors (Lipinski definition) is 2. The molecule has 4 rings (SSSR count). The zero-order chi connectivity index (χ0) is 19.9. The molecule has 2 fully saturated rings. The first-order valence-electron chi connectivity index (χ1n) is 9.33. The molecule has 0 aromatic carbocycles. The van der Waals surface area contributed by atoms with Gasteiger partial charge in [0.25, 0.3) is 0 Å². The third-order valence-electron chi connectivity index (χ3n) is 5.30. The van der Waals surface area contributed by atoms with Crippen molar-refractivity contribution < 1.29 is 18.0 Å². The molecule has 2 aromatic rings. The van der Waals surface area contributed by atoms with E-state index in [-0.39, 0.29) is 24.1 Å². The van der Waals surface area contributed by atoms with Crippen LogP contribution in [0.4, 0.5) is 18.9 Å². The number of carbonyl (C=O) groups is 1. The maximum Gasteiger partial charge on any atom is 0.408 e. The Hall–Kier alpha value is -2.43. The molecule has 152 valence electrons. The number of anilines is 1. The largest absolute Gasteiger partial charge is 0.408 e. The second-order valence-electron chi connectivity index (χ2n) is 7.69. The number of halogens is 3. The first-order chi connectivity index (χ1) is 13.3. The summed E-state index contributed by atoms with van der Waals surface area (Å²) in [7, 11) is 0. The summed E-state index contributed by atoms with van der Waals surface area (Å²) in [6, 6.07) is -0.555. The fourth-order valence-corrected chi connectivity index (χ4v) is 3.72. The van der Waals surface area contributed by atoms with E-state index in [1.165, 1.54) is 17.1 Å². The van der Waals surface area contributed by atoms with E-state index in [1.807, 2.05) is 0 Å². The average molecular weight is 397 g/mol.